The van der Waals surface area contributed by atoms with Gasteiger partial charge in [0.1, 0.15) is 5.58 Å². The topological polar surface area (TPSA) is 30.4 Å². The Bertz CT molecular complexity index is 2250. The highest BCUT2D eigenvalue weighted by atomic mass is 16.3. The van der Waals surface area contributed by atoms with E-state index in [-0.39, 0.29) is 17.5 Å². The Balaban J connectivity index is 1.58. The summed E-state index contributed by atoms with van der Waals surface area (Å²) >= 11 is 0. The van der Waals surface area contributed by atoms with Crippen LogP contribution in [0.4, 0.5) is 0 Å². The Kier molecular flexibility index (Phi) is 3.68. The molecule has 2 aliphatic rings. The second-order valence-electron chi connectivity index (χ2n) is 13.7. The summed E-state index contributed by atoms with van der Waals surface area (Å²) in [5.41, 5.74) is 14.0. The summed E-state index contributed by atoms with van der Waals surface area (Å²) in [5, 5.41) is 4.93. The lowest BCUT2D eigenvalue weighted by Gasteiger charge is -2.25. The fourth-order valence-corrected chi connectivity index (χ4v) is 7.44. The monoisotopic (exact) mass is 504 g/mol. The van der Waals surface area contributed by atoms with Crippen LogP contribution in [0, 0.1) is 0 Å². The first-order valence-electron chi connectivity index (χ1n) is 14.0. The van der Waals surface area contributed by atoms with Crippen molar-refractivity contribution in [2.75, 3.05) is 0 Å². The molecule has 4 heteroatoms. The first-order chi connectivity index (χ1) is 18.6. The summed E-state index contributed by atoms with van der Waals surface area (Å²) in [6.45, 7) is 13.9. The molecule has 7 aromatic rings. The van der Waals surface area contributed by atoms with E-state index in [9.17, 15) is 0 Å². The van der Waals surface area contributed by atoms with Crippen molar-refractivity contribution in [1.29, 1.82) is 0 Å². The fourth-order valence-electron chi connectivity index (χ4n) is 7.44. The van der Waals surface area contributed by atoms with Crippen LogP contribution < -0.4 is 16.4 Å². The molecule has 188 valence electrons. The molecular formula is C35H29BN2O. The number of fused-ring (bicyclic) bond motifs is 6. The summed E-state index contributed by atoms with van der Waals surface area (Å²) in [6, 6.07) is 25.2. The van der Waals surface area contributed by atoms with Crippen molar-refractivity contribution in [2.24, 2.45) is 0 Å². The molecule has 0 atom stereocenters. The minimum absolute atomic E-state index is 0.0305. The second-order valence-corrected chi connectivity index (χ2v) is 13.7. The van der Waals surface area contributed by atoms with E-state index in [4.69, 9.17) is 9.40 Å². The summed E-state index contributed by atoms with van der Waals surface area (Å²) in [4.78, 5) is 5.21. The highest BCUT2D eigenvalue weighted by Gasteiger charge is 2.42. The third kappa shape index (κ3) is 2.53. The van der Waals surface area contributed by atoms with E-state index >= 15 is 0 Å². The normalized spacial score (nSPS) is 14.4. The first-order valence-corrected chi connectivity index (χ1v) is 14.0. The van der Waals surface area contributed by atoms with E-state index in [2.05, 4.69) is 113 Å². The molecule has 0 saturated heterocycles. The standard InChI is InChI=1S/C35H29BN2O/c1-34(2,3)19-11-13-25-21(16-19)23-17-22-20-10-8-7-9-18(20)15-27-28(22)32-29(23)36(25)26-14-12-24(35(4,5)6)30-31(26)38(32)33(37-30)39-27/h7-17H,1-6H3. The van der Waals surface area contributed by atoms with Gasteiger partial charge in [-0.1, -0.05) is 102 Å². The number of benzene rings is 5. The molecule has 39 heavy (non-hydrogen) atoms. The van der Waals surface area contributed by atoms with Gasteiger partial charge in [0.15, 0.2) is 0 Å². The van der Waals surface area contributed by atoms with Gasteiger partial charge in [0.05, 0.1) is 16.6 Å². The zero-order valence-electron chi connectivity index (χ0n) is 23.2. The van der Waals surface area contributed by atoms with E-state index in [0.29, 0.717) is 5.84 Å². The van der Waals surface area contributed by atoms with Crippen LogP contribution in [0.1, 0.15) is 52.7 Å². The van der Waals surface area contributed by atoms with Gasteiger partial charge in [-0.05, 0) is 72.3 Å². The van der Waals surface area contributed by atoms with Crippen molar-refractivity contribution in [3.63, 3.8) is 0 Å². The summed E-state index contributed by atoms with van der Waals surface area (Å²) in [7, 11) is 0. The predicted octanol–water partition coefficient (Wildman–Crippen LogP) is 6.95. The third-order valence-electron chi connectivity index (χ3n) is 9.28. The molecule has 0 spiro atoms. The van der Waals surface area contributed by atoms with Crippen molar-refractivity contribution in [2.45, 2.75) is 52.4 Å². The molecule has 3 nitrogen and oxygen atoms in total. The number of nitrogens with zero attached hydrogens (tertiary/aromatic N) is 2. The average Bonchev–Trinajstić information content (AvgIpc) is 3.43. The molecule has 0 amide bonds. The fraction of sp³-hybridized carbons (Fsp3) is 0.229. The highest BCUT2D eigenvalue weighted by molar-refractivity contribution is 7.02. The van der Waals surface area contributed by atoms with E-state index in [0.717, 1.165) is 11.1 Å². The van der Waals surface area contributed by atoms with Crippen LogP contribution in [0.2, 0.25) is 0 Å². The quantitative estimate of drug-likeness (QED) is 0.127. The highest BCUT2D eigenvalue weighted by Crippen LogP contribution is 2.42. The molecular weight excluding hydrogens is 475 g/mol. The molecule has 0 saturated carbocycles. The Morgan fingerprint density at radius 1 is 0.744 bits per heavy atom. The maximum Gasteiger partial charge on any atom is 0.307 e. The van der Waals surface area contributed by atoms with Crippen molar-refractivity contribution in [3.05, 3.63) is 77.9 Å². The SMILES string of the molecule is CC(C)(C)c1ccc2c(c1)-c1cc3c4ccccc4cc4oc5nc6c(C(C)(C)C)ccc7c6n5c(c1B27)c43. The van der Waals surface area contributed by atoms with Gasteiger partial charge in [0.25, 0.3) is 0 Å². The smallest absolute Gasteiger partial charge is 0.307 e. The van der Waals surface area contributed by atoms with Crippen LogP contribution in [-0.4, -0.2) is 16.1 Å². The van der Waals surface area contributed by atoms with Gasteiger partial charge in [-0.15, -0.1) is 0 Å². The molecule has 0 radical (unpaired) electrons. The van der Waals surface area contributed by atoms with Gasteiger partial charge >= 0.3 is 5.84 Å². The number of rotatable bonds is 0. The predicted molar refractivity (Wildman–Crippen MR) is 165 cm³/mol. The Labute approximate surface area is 227 Å². The molecule has 0 bridgehead atoms. The van der Waals surface area contributed by atoms with Gasteiger partial charge < -0.3 is 4.42 Å². The number of imidazole rings is 1. The van der Waals surface area contributed by atoms with Gasteiger partial charge in [-0.25, -0.2) is 0 Å². The minimum atomic E-state index is -0.0305. The number of aromatic nitrogens is 2. The van der Waals surface area contributed by atoms with Gasteiger partial charge in [-0.3, -0.25) is 4.40 Å². The Morgan fingerprint density at radius 2 is 1.54 bits per heavy atom. The van der Waals surface area contributed by atoms with Crippen molar-refractivity contribution in [1.82, 2.24) is 9.38 Å². The Morgan fingerprint density at radius 3 is 2.33 bits per heavy atom. The maximum absolute atomic E-state index is 6.68. The lowest BCUT2D eigenvalue weighted by Crippen LogP contribution is -2.52. The maximum atomic E-state index is 6.68. The lowest BCUT2D eigenvalue weighted by atomic mass is 9.37. The first kappa shape index (κ1) is 21.8. The zero-order chi connectivity index (χ0) is 26.6. The van der Waals surface area contributed by atoms with Crippen molar-refractivity contribution < 1.29 is 4.42 Å². The molecule has 5 aromatic carbocycles. The van der Waals surface area contributed by atoms with Crippen molar-refractivity contribution >= 4 is 72.6 Å². The summed E-state index contributed by atoms with van der Waals surface area (Å²) < 4.78 is 9.02. The van der Waals surface area contributed by atoms with E-state index < -0.39 is 0 Å². The van der Waals surface area contributed by atoms with Crippen LogP contribution >= 0.6 is 0 Å². The largest absolute Gasteiger partial charge is 0.424 e. The molecule has 4 heterocycles. The number of hydrogen-bond acceptors (Lipinski definition) is 2. The number of hydrogen-bond donors (Lipinski definition) is 0. The van der Waals surface area contributed by atoms with Crippen LogP contribution in [0.15, 0.2) is 71.1 Å². The zero-order valence-corrected chi connectivity index (χ0v) is 23.2. The average molecular weight is 504 g/mol. The van der Waals surface area contributed by atoms with Crippen LogP contribution in [0.3, 0.4) is 0 Å². The van der Waals surface area contributed by atoms with Gasteiger partial charge in [-0.2, -0.15) is 4.98 Å². The van der Waals surface area contributed by atoms with E-state index in [1.54, 1.807) is 0 Å². The van der Waals surface area contributed by atoms with Crippen LogP contribution in [-0.2, 0) is 10.8 Å². The van der Waals surface area contributed by atoms with Crippen molar-refractivity contribution in [3.8, 4) is 11.1 Å². The summed E-state index contributed by atoms with van der Waals surface area (Å²) in [6.07, 6.45) is 0. The van der Waals surface area contributed by atoms with Crippen LogP contribution in [0.25, 0.3) is 60.6 Å². The molecule has 9 rings (SSSR count). The molecule has 0 fully saturated rings. The molecule has 0 N–H and O–H groups in total. The third-order valence-corrected chi connectivity index (χ3v) is 9.28. The molecule has 2 aliphatic heterocycles. The Hall–Kier alpha value is -4.05. The second kappa shape index (κ2) is 6.56. The lowest BCUT2D eigenvalue weighted by molar-refractivity contribution is 0.590. The molecule has 0 unspecified atom stereocenters. The minimum Gasteiger partial charge on any atom is -0.424 e. The molecule has 2 aromatic heterocycles. The summed E-state index contributed by atoms with van der Waals surface area (Å²) in [5.74, 6) is 0.685. The van der Waals surface area contributed by atoms with E-state index in [1.165, 1.54) is 71.2 Å². The van der Waals surface area contributed by atoms with E-state index in [1.807, 2.05) is 0 Å². The van der Waals surface area contributed by atoms with Crippen LogP contribution in [0.5, 0.6) is 0 Å². The molecule has 0 aliphatic carbocycles. The van der Waals surface area contributed by atoms with Gasteiger partial charge in [0, 0.05) is 5.39 Å². The van der Waals surface area contributed by atoms with Gasteiger partial charge in [0.2, 0.25) is 6.71 Å².